The minimum absolute atomic E-state index is 0.860. The van der Waals surface area contributed by atoms with E-state index >= 15 is 0 Å². The van der Waals surface area contributed by atoms with Crippen LogP contribution in [0.2, 0.25) is 0 Å². The molecule has 2 nitrogen and oxygen atoms in total. The van der Waals surface area contributed by atoms with Gasteiger partial charge in [-0.15, -0.1) is 0 Å². The van der Waals surface area contributed by atoms with Crippen LogP contribution in [0, 0.1) is 0 Å². The molecule has 0 aromatic rings. The first kappa shape index (κ1) is 12.5. The van der Waals surface area contributed by atoms with Crippen molar-refractivity contribution in [3.8, 4) is 0 Å². The van der Waals surface area contributed by atoms with Crippen molar-refractivity contribution in [3.05, 3.63) is 60.5 Å². The molecule has 0 atom stereocenters. The Bertz CT molecular complexity index is 333. The normalized spacial score (nSPS) is 15.6. The van der Waals surface area contributed by atoms with Gasteiger partial charge in [0.15, 0.2) is 0 Å². The van der Waals surface area contributed by atoms with Gasteiger partial charge < -0.3 is 10.6 Å². The molecule has 0 amide bonds. The highest BCUT2D eigenvalue weighted by atomic mass is 14.9. The Hall–Kier alpha value is -1.54. The van der Waals surface area contributed by atoms with Gasteiger partial charge in [0, 0.05) is 13.1 Å². The summed E-state index contributed by atoms with van der Waals surface area (Å²) in [5.41, 5.74) is 2.75. The van der Waals surface area contributed by atoms with Gasteiger partial charge >= 0.3 is 0 Å². The maximum atomic E-state index is 3.56. The van der Waals surface area contributed by atoms with E-state index in [0.717, 1.165) is 19.5 Å². The lowest BCUT2D eigenvalue weighted by Crippen LogP contribution is -2.16. The van der Waals surface area contributed by atoms with Crippen LogP contribution in [0.25, 0.3) is 0 Å². The topological polar surface area (TPSA) is 24.1 Å². The maximum Gasteiger partial charge on any atom is 0.0205 e. The minimum Gasteiger partial charge on any atom is -0.368 e. The van der Waals surface area contributed by atoms with E-state index in [2.05, 4.69) is 48.4 Å². The smallest absolute Gasteiger partial charge is 0.0205 e. The summed E-state index contributed by atoms with van der Waals surface area (Å²) >= 11 is 0. The van der Waals surface area contributed by atoms with Crippen molar-refractivity contribution in [2.45, 2.75) is 13.3 Å². The molecular formula is C14H20N2. The molecule has 0 spiro atoms. The zero-order chi connectivity index (χ0) is 11.6. The van der Waals surface area contributed by atoms with Gasteiger partial charge in [-0.05, 0) is 31.3 Å². The van der Waals surface area contributed by atoms with Crippen molar-refractivity contribution in [1.29, 1.82) is 0 Å². The van der Waals surface area contributed by atoms with Crippen LogP contribution in [-0.2, 0) is 0 Å². The van der Waals surface area contributed by atoms with Gasteiger partial charge in [0.05, 0.1) is 0 Å². The second kappa shape index (κ2) is 7.71. The zero-order valence-corrected chi connectivity index (χ0v) is 9.87. The highest BCUT2D eigenvalue weighted by molar-refractivity contribution is 5.30. The van der Waals surface area contributed by atoms with Crippen molar-refractivity contribution in [2.24, 2.45) is 0 Å². The SMILES string of the molecule is C=CNC=CCNCC1=CCC(C)=CC=C1. The lowest BCUT2D eigenvalue weighted by molar-refractivity contribution is 0.820. The molecule has 2 N–H and O–H groups in total. The summed E-state index contributed by atoms with van der Waals surface area (Å²) < 4.78 is 0. The molecule has 2 heteroatoms. The summed E-state index contributed by atoms with van der Waals surface area (Å²) in [5.74, 6) is 0. The van der Waals surface area contributed by atoms with E-state index in [1.165, 1.54) is 11.1 Å². The fourth-order valence-electron chi connectivity index (χ4n) is 1.39. The fraction of sp³-hybridized carbons (Fsp3) is 0.286. The van der Waals surface area contributed by atoms with E-state index in [-0.39, 0.29) is 0 Å². The van der Waals surface area contributed by atoms with E-state index in [4.69, 9.17) is 0 Å². The van der Waals surface area contributed by atoms with Crippen LogP contribution in [0.3, 0.4) is 0 Å². The van der Waals surface area contributed by atoms with Gasteiger partial charge in [-0.1, -0.05) is 42.5 Å². The maximum absolute atomic E-state index is 3.56. The Labute approximate surface area is 98.1 Å². The molecule has 0 fully saturated rings. The van der Waals surface area contributed by atoms with Crippen molar-refractivity contribution in [1.82, 2.24) is 10.6 Å². The molecule has 1 rings (SSSR count). The Morgan fingerprint density at radius 2 is 2.38 bits per heavy atom. The predicted molar refractivity (Wildman–Crippen MR) is 70.9 cm³/mol. The first-order valence-corrected chi connectivity index (χ1v) is 5.58. The van der Waals surface area contributed by atoms with Gasteiger partial charge in [-0.3, -0.25) is 0 Å². The van der Waals surface area contributed by atoms with Crippen molar-refractivity contribution < 1.29 is 0 Å². The van der Waals surface area contributed by atoms with Crippen molar-refractivity contribution >= 4 is 0 Å². The number of rotatable bonds is 6. The molecule has 0 saturated carbocycles. The number of nitrogens with one attached hydrogen (secondary N) is 2. The van der Waals surface area contributed by atoms with Gasteiger partial charge in [-0.25, -0.2) is 0 Å². The van der Waals surface area contributed by atoms with Crippen LogP contribution >= 0.6 is 0 Å². The second-order valence-electron chi connectivity index (χ2n) is 3.76. The van der Waals surface area contributed by atoms with E-state index < -0.39 is 0 Å². The molecule has 16 heavy (non-hydrogen) atoms. The molecular weight excluding hydrogens is 196 g/mol. The quantitative estimate of drug-likeness (QED) is 0.667. The number of hydrogen-bond acceptors (Lipinski definition) is 2. The molecule has 0 aromatic carbocycles. The first-order chi connectivity index (χ1) is 7.83. The van der Waals surface area contributed by atoms with Crippen LogP contribution in [-0.4, -0.2) is 13.1 Å². The van der Waals surface area contributed by atoms with E-state index in [0.29, 0.717) is 0 Å². The molecule has 0 bridgehead atoms. The molecule has 1 aliphatic rings. The molecule has 0 heterocycles. The average Bonchev–Trinajstić information content (AvgIpc) is 2.49. The van der Waals surface area contributed by atoms with Crippen LogP contribution in [0.4, 0.5) is 0 Å². The predicted octanol–water partition coefficient (Wildman–Crippen LogP) is 2.66. The Morgan fingerprint density at radius 3 is 3.19 bits per heavy atom. The van der Waals surface area contributed by atoms with Gasteiger partial charge in [0.2, 0.25) is 0 Å². The lowest BCUT2D eigenvalue weighted by Gasteiger charge is -2.02. The summed E-state index contributed by atoms with van der Waals surface area (Å²) in [6.45, 7) is 7.49. The van der Waals surface area contributed by atoms with Crippen LogP contribution in [0.15, 0.2) is 60.5 Å². The summed E-state index contributed by atoms with van der Waals surface area (Å²) in [4.78, 5) is 0. The zero-order valence-electron chi connectivity index (χ0n) is 9.87. The third-order valence-electron chi connectivity index (χ3n) is 2.30. The van der Waals surface area contributed by atoms with E-state index in [9.17, 15) is 0 Å². The van der Waals surface area contributed by atoms with Crippen LogP contribution in [0.5, 0.6) is 0 Å². The highest BCUT2D eigenvalue weighted by Crippen LogP contribution is 2.09. The largest absolute Gasteiger partial charge is 0.368 e. The van der Waals surface area contributed by atoms with E-state index in [1.54, 1.807) is 6.20 Å². The summed E-state index contributed by atoms with van der Waals surface area (Å²) in [6, 6.07) is 0. The van der Waals surface area contributed by atoms with Gasteiger partial charge in [0.1, 0.15) is 0 Å². The average molecular weight is 216 g/mol. The fourth-order valence-corrected chi connectivity index (χ4v) is 1.39. The summed E-state index contributed by atoms with van der Waals surface area (Å²) in [6.07, 6.45) is 15.3. The monoisotopic (exact) mass is 216 g/mol. The molecule has 0 unspecified atom stereocenters. The standard InChI is InChI=1S/C14H20N2/c1-3-15-10-5-11-16-12-14-7-4-6-13(2)8-9-14/h3-7,9-10,15-16H,1,8,11-12H2,2H3. The molecule has 1 aliphatic carbocycles. The van der Waals surface area contributed by atoms with Gasteiger partial charge in [-0.2, -0.15) is 0 Å². The number of allylic oxidation sites excluding steroid dienone is 4. The van der Waals surface area contributed by atoms with Crippen LogP contribution in [0.1, 0.15) is 13.3 Å². The third-order valence-corrected chi connectivity index (χ3v) is 2.30. The first-order valence-electron chi connectivity index (χ1n) is 5.58. The minimum atomic E-state index is 0.860. The van der Waals surface area contributed by atoms with Gasteiger partial charge in [0.25, 0.3) is 0 Å². The Kier molecular flexibility index (Phi) is 6.04. The Balaban J connectivity index is 2.21. The second-order valence-corrected chi connectivity index (χ2v) is 3.76. The molecule has 0 radical (unpaired) electrons. The van der Waals surface area contributed by atoms with Crippen molar-refractivity contribution in [3.63, 3.8) is 0 Å². The molecule has 0 aliphatic heterocycles. The van der Waals surface area contributed by atoms with E-state index in [1.807, 2.05) is 12.3 Å². The summed E-state index contributed by atoms with van der Waals surface area (Å²) in [5, 5.41) is 6.26. The van der Waals surface area contributed by atoms with Crippen molar-refractivity contribution in [2.75, 3.05) is 13.1 Å². The lowest BCUT2D eigenvalue weighted by atomic mass is 10.2. The summed E-state index contributed by atoms with van der Waals surface area (Å²) in [7, 11) is 0. The highest BCUT2D eigenvalue weighted by Gasteiger charge is 1.95. The Morgan fingerprint density at radius 1 is 1.50 bits per heavy atom. The molecule has 0 aromatic heterocycles. The number of hydrogen-bond donors (Lipinski definition) is 2. The third kappa shape index (κ3) is 5.37. The molecule has 86 valence electrons. The van der Waals surface area contributed by atoms with Crippen LogP contribution < -0.4 is 10.6 Å². The molecule has 0 saturated heterocycles.